The molecule has 0 radical (unpaired) electrons. The maximum Gasteiger partial charge on any atom is 0.387 e. The van der Waals surface area contributed by atoms with Crippen molar-refractivity contribution in [3.8, 4) is 17.6 Å². The van der Waals surface area contributed by atoms with E-state index in [4.69, 9.17) is 10.00 Å². The Morgan fingerprint density at radius 1 is 1.48 bits per heavy atom. The highest BCUT2D eigenvalue weighted by atomic mass is 19.3. The quantitative estimate of drug-likeness (QED) is 0.756. The molecule has 1 aromatic carbocycles. The zero-order valence-electron chi connectivity index (χ0n) is 11.4. The van der Waals surface area contributed by atoms with Gasteiger partial charge >= 0.3 is 6.61 Å². The molecule has 0 atom stereocenters. The fourth-order valence-corrected chi connectivity index (χ4v) is 1.99. The smallest absolute Gasteiger partial charge is 0.387 e. The molecule has 2 rings (SSSR count). The molecule has 5 nitrogen and oxygen atoms in total. The lowest BCUT2D eigenvalue weighted by atomic mass is 10.1. The van der Waals surface area contributed by atoms with Gasteiger partial charge in [-0.1, -0.05) is 0 Å². The molecule has 0 heterocycles. The van der Waals surface area contributed by atoms with Crippen molar-refractivity contribution < 1.29 is 23.0 Å². The number of rotatable bonds is 6. The van der Waals surface area contributed by atoms with Crippen LogP contribution in [0.3, 0.4) is 0 Å². The van der Waals surface area contributed by atoms with Crippen LogP contribution >= 0.6 is 0 Å². The second-order valence-electron chi connectivity index (χ2n) is 4.57. The Morgan fingerprint density at radius 2 is 2.19 bits per heavy atom. The number of halogens is 2. The highest BCUT2D eigenvalue weighted by Crippen LogP contribution is 2.32. The van der Waals surface area contributed by atoms with Gasteiger partial charge in [-0.15, -0.1) is 0 Å². The highest BCUT2D eigenvalue weighted by molar-refractivity contribution is 5.95. The number of hydrogen-bond donors (Lipinski definition) is 0. The summed E-state index contributed by atoms with van der Waals surface area (Å²) < 4.78 is 34.0. The number of nitriles is 1. The van der Waals surface area contributed by atoms with Gasteiger partial charge in [-0.3, -0.25) is 4.79 Å². The number of benzene rings is 1. The van der Waals surface area contributed by atoms with E-state index in [9.17, 15) is 13.6 Å². The van der Waals surface area contributed by atoms with Gasteiger partial charge in [-0.05, 0) is 31.0 Å². The fourth-order valence-electron chi connectivity index (χ4n) is 1.99. The summed E-state index contributed by atoms with van der Waals surface area (Å²) in [5.41, 5.74) is 0.189. The number of nitrogens with zero attached hydrogens (tertiary/aromatic N) is 2. The monoisotopic (exact) mass is 296 g/mol. The zero-order valence-corrected chi connectivity index (χ0v) is 11.4. The third-order valence-electron chi connectivity index (χ3n) is 3.12. The molecule has 0 bridgehead atoms. The molecule has 21 heavy (non-hydrogen) atoms. The summed E-state index contributed by atoms with van der Waals surface area (Å²) in [5.74, 6) is -0.461. The zero-order chi connectivity index (χ0) is 15.4. The van der Waals surface area contributed by atoms with Crippen molar-refractivity contribution in [1.82, 2.24) is 4.90 Å². The Labute approximate surface area is 120 Å². The molecule has 1 aromatic rings. The van der Waals surface area contributed by atoms with Gasteiger partial charge in [0.1, 0.15) is 6.54 Å². The van der Waals surface area contributed by atoms with Gasteiger partial charge in [-0.2, -0.15) is 14.0 Å². The average Bonchev–Trinajstić information content (AvgIpc) is 3.28. The first-order chi connectivity index (χ1) is 10.1. The normalized spacial score (nSPS) is 13.7. The molecule has 1 saturated carbocycles. The summed E-state index contributed by atoms with van der Waals surface area (Å²) >= 11 is 0. The summed E-state index contributed by atoms with van der Waals surface area (Å²) in [7, 11) is 1.32. The molecule has 1 aliphatic rings. The standard InChI is InChI=1S/C14H14F2N2O3/c1-20-11-5-2-9(8-12(11)21-14(15)16)13(19)18(7-6-17)10-3-4-10/h2,5,8,10,14H,3-4,7H2,1H3. The van der Waals surface area contributed by atoms with Crippen molar-refractivity contribution in [1.29, 1.82) is 5.26 Å². The second-order valence-corrected chi connectivity index (χ2v) is 4.57. The largest absolute Gasteiger partial charge is 0.493 e. The van der Waals surface area contributed by atoms with Crippen molar-refractivity contribution in [2.24, 2.45) is 0 Å². The SMILES string of the molecule is COc1ccc(C(=O)N(CC#N)C2CC2)cc1OC(F)F. The number of hydrogen-bond acceptors (Lipinski definition) is 4. The van der Waals surface area contributed by atoms with E-state index in [2.05, 4.69) is 4.74 Å². The molecule has 1 fully saturated rings. The molecule has 0 aromatic heterocycles. The lowest BCUT2D eigenvalue weighted by molar-refractivity contribution is -0.0512. The van der Waals surface area contributed by atoms with Crippen molar-refractivity contribution >= 4 is 5.91 Å². The van der Waals surface area contributed by atoms with Crippen LogP contribution in [0.1, 0.15) is 23.2 Å². The van der Waals surface area contributed by atoms with Crippen LogP contribution in [0.2, 0.25) is 0 Å². The van der Waals surface area contributed by atoms with Gasteiger partial charge in [0.15, 0.2) is 11.5 Å². The first-order valence-electron chi connectivity index (χ1n) is 6.37. The number of alkyl halides is 2. The van der Waals surface area contributed by atoms with Gasteiger partial charge < -0.3 is 14.4 Å². The minimum Gasteiger partial charge on any atom is -0.493 e. The fraction of sp³-hybridized carbons (Fsp3) is 0.429. The van der Waals surface area contributed by atoms with E-state index in [1.807, 2.05) is 6.07 Å². The summed E-state index contributed by atoms with van der Waals surface area (Å²) in [6, 6.07) is 6.06. The minimum absolute atomic E-state index is 0.0272. The topological polar surface area (TPSA) is 62.6 Å². The third kappa shape index (κ3) is 3.60. The van der Waals surface area contributed by atoms with Crippen LogP contribution in [0.25, 0.3) is 0 Å². The highest BCUT2D eigenvalue weighted by Gasteiger charge is 2.33. The van der Waals surface area contributed by atoms with Crippen LogP contribution in [0.15, 0.2) is 18.2 Å². The van der Waals surface area contributed by atoms with Crippen LogP contribution in [-0.2, 0) is 0 Å². The molecule has 112 valence electrons. The average molecular weight is 296 g/mol. The van der Waals surface area contributed by atoms with Crippen molar-refractivity contribution in [3.05, 3.63) is 23.8 Å². The molecule has 0 N–H and O–H groups in total. The third-order valence-corrected chi connectivity index (χ3v) is 3.12. The van der Waals surface area contributed by atoms with Crippen molar-refractivity contribution in [3.63, 3.8) is 0 Å². The van der Waals surface area contributed by atoms with Crippen LogP contribution in [0, 0.1) is 11.3 Å². The molecule has 1 amide bonds. The second kappa shape index (κ2) is 6.39. The predicted octanol–water partition coefficient (Wildman–Crippen LogP) is 2.42. The van der Waals surface area contributed by atoms with E-state index in [-0.39, 0.29) is 35.6 Å². The maximum atomic E-state index is 12.4. The Kier molecular flexibility index (Phi) is 4.58. The molecule has 0 unspecified atom stereocenters. The van der Waals surface area contributed by atoms with Gasteiger partial charge in [0, 0.05) is 11.6 Å². The lowest BCUT2D eigenvalue weighted by Crippen LogP contribution is -2.33. The van der Waals surface area contributed by atoms with Crippen LogP contribution < -0.4 is 9.47 Å². The Morgan fingerprint density at radius 3 is 2.71 bits per heavy atom. The van der Waals surface area contributed by atoms with Crippen molar-refractivity contribution in [2.75, 3.05) is 13.7 Å². The van der Waals surface area contributed by atoms with Gasteiger partial charge in [0.2, 0.25) is 0 Å². The summed E-state index contributed by atoms with van der Waals surface area (Å²) in [6.07, 6.45) is 1.70. The van der Waals surface area contributed by atoms with E-state index in [1.54, 1.807) is 0 Å². The van der Waals surface area contributed by atoms with Gasteiger partial charge in [-0.25, -0.2) is 0 Å². The van der Waals surface area contributed by atoms with Crippen LogP contribution in [0.5, 0.6) is 11.5 Å². The van der Waals surface area contributed by atoms with E-state index in [0.717, 1.165) is 12.8 Å². The molecule has 0 saturated heterocycles. The summed E-state index contributed by atoms with van der Waals surface area (Å²) in [4.78, 5) is 13.8. The first kappa shape index (κ1) is 15.0. The van der Waals surface area contributed by atoms with Crippen LogP contribution in [0.4, 0.5) is 8.78 Å². The number of methoxy groups -OCH3 is 1. The lowest BCUT2D eigenvalue weighted by Gasteiger charge is -2.19. The molecule has 7 heteroatoms. The molecular weight excluding hydrogens is 282 g/mol. The number of carbonyl (C=O) groups excluding carboxylic acids is 1. The summed E-state index contributed by atoms with van der Waals surface area (Å²) in [6.45, 7) is -3.04. The molecule has 0 spiro atoms. The molecule has 0 aliphatic heterocycles. The number of carbonyl (C=O) groups is 1. The van der Waals surface area contributed by atoms with E-state index in [1.165, 1.54) is 30.2 Å². The van der Waals surface area contributed by atoms with Gasteiger partial charge in [0.25, 0.3) is 5.91 Å². The van der Waals surface area contributed by atoms with Gasteiger partial charge in [0.05, 0.1) is 13.2 Å². The Bertz CT molecular complexity index is 568. The number of ether oxygens (including phenoxy) is 2. The Balaban J connectivity index is 2.26. The number of amides is 1. The van der Waals surface area contributed by atoms with E-state index >= 15 is 0 Å². The Hall–Kier alpha value is -2.36. The predicted molar refractivity (Wildman–Crippen MR) is 69.3 cm³/mol. The van der Waals surface area contributed by atoms with Crippen molar-refractivity contribution in [2.45, 2.75) is 25.5 Å². The molecule has 1 aliphatic carbocycles. The minimum atomic E-state index is -3.01. The van der Waals surface area contributed by atoms with E-state index < -0.39 is 6.61 Å². The van der Waals surface area contributed by atoms with Crippen LogP contribution in [-0.4, -0.2) is 37.1 Å². The van der Waals surface area contributed by atoms with E-state index in [0.29, 0.717) is 0 Å². The molecular formula is C14H14F2N2O3. The summed E-state index contributed by atoms with van der Waals surface area (Å²) in [5, 5.41) is 8.78. The maximum absolute atomic E-state index is 12.4. The first-order valence-corrected chi connectivity index (χ1v) is 6.37.